The smallest absolute Gasteiger partial charge is 0.0344 e. The summed E-state index contributed by atoms with van der Waals surface area (Å²) in [6, 6.07) is 20.1. The predicted molar refractivity (Wildman–Crippen MR) is 96.1 cm³/mol. The Morgan fingerprint density at radius 3 is 2.48 bits per heavy atom. The van der Waals surface area contributed by atoms with Crippen LogP contribution in [-0.2, 0) is 6.54 Å². The lowest BCUT2D eigenvalue weighted by atomic mass is 10.1. The van der Waals surface area contributed by atoms with Crippen molar-refractivity contribution < 1.29 is 0 Å². The number of benzene rings is 2. The Kier molecular flexibility index (Phi) is 5.11. The van der Waals surface area contributed by atoms with E-state index in [1.54, 1.807) is 0 Å². The van der Waals surface area contributed by atoms with Crippen LogP contribution in [0.5, 0.6) is 0 Å². The van der Waals surface area contributed by atoms with Gasteiger partial charge in [0, 0.05) is 31.2 Å². The summed E-state index contributed by atoms with van der Waals surface area (Å²) in [6.45, 7) is 4.25. The highest BCUT2D eigenvalue weighted by Gasteiger charge is 2.28. The first kappa shape index (κ1) is 16.2. The number of fused-ring (bicyclic) bond motifs is 1. The number of hydrogen-bond donors (Lipinski definition) is 2. The second-order valence-corrected chi connectivity index (χ2v) is 6.77. The van der Waals surface area contributed by atoms with Crippen LogP contribution in [0.25, 0.3) is 0 Å². The maximum atomic E-state index is 6.27. The van der Waals surface area contributed by atoms with Crippen molar-refractivity contribution in [3.05, 3.63) is 71.3 Å². The highest BCUT2D eigenvalue weighted by Crippen LogP contribution is 2.37. The lowest BCUT2D eigenvalue weighted by Crippen LogP contribution is -2.38. The molecule has 0 amide bonds. The number of nitrogens with zero attached hydrogens (tertiary/aromatic N) is 1. The van der Waals surface area contributed by atoms with E-state index in [1.807, 2.05) is 0 Å². The van der Waals surface area contributed by atoms with E-state index >= 15 is 0 Å². The van der Waals surface area contributed by atoms with Gasteiger partial charge in [-0.1, -0.05) is 54.6 Å². The van der Waals surface area contributed by atoms with E-state index in [2.05, 4.69) is 78.8 Å². The molecule has 0 saturated heterocycles. The summed E-state index contributed by atoms with van der Waals surface area (Å²) in [5.74, 6) is 0. The molecule has 0 heterocycles. The first-order valence-electron chi connectivity index (χ1n) is 8.46. The summed E-state index contributed by atoms with van der Waals surface area (Å²) in [5.41, 5.74) is 10.3. The molecule has 0 fully saturated rings. The topological polar surface area (TPSA) is 41.3 Å². The molecule has 0 bridgehead atoms. The van der Waals surface area contributed by atoms with E-state index in [-0.39, 0.29) is 6.04 Å². The Morgan fingerprint density at radius 2 is 1.74 bits per heavy atom. The molecule has 3 heteroatoms. The molecule has 2 aromatic rings. The molecule has 122 valence electrons. The van der Waals surface area contributed by atoms with Crippen molar-refractivity contribution in [1.82, 2.24) is 10.2 Å². The summed E-state index contributed by atoms with van der Waals surface area (Å²) < 4.78 is 0. The van der Waals surface area contributed by atoms with Gasteiger partial charge in [0.05, 0.1) is 0 Å². The zero-order chi connectivity index (χ0) is 16.2. The summed E-state index contributed by atoms with van der Waals surface area (Å²) in [4.78, 5) is 2.37. The van der Waals surface area contributed by atoms with Crippen molar-refractivity contribution >= 4 is 0 Å². The van der Waals surface area contributed by atoms with E-state index in [9.17, 15) is 0 Å². The minimum absolute atomic E-state index is 0.165. The van der Waals surface area contributed by atoms with Crippen LogP contribution in [0.15, 0.2) is 54.6 Å². The van der Waals surface area contributed by atoms with Crippen LogP contribution in [0.3, 0.4) is 0 Å². The molecule has 1 aliphatic rings. The fraction of sp³-hybridized carbons (Fsp3) is 0.400. The third kappa shape index (κ3) is 3.99. The fourth-order valence-electron chi connectivity index (χ4n) is 3.65. The Labute approximate surface area is 139 Å². The average molecular weight is 309 g/mol. The molecule has 3 rings (SSSR count). The van der Waals surface area contributed by atoms with E-state index in [0.29, 0.717) is 12.1 Å². The summed E-state index contributed by atoms with van der Waals surface area (Å²) in [6.07, 6.45) is 0.992. The van der Waals surface area contributed by atoms with Crippen molar-refractivity contribution in [2.45, 2.75) is 38.0 Å². The Morgan fingerprint density at radius 1 is 1.09 bits per heavy atom. The predicted octanol–water partition coefficient (Wildman–Crippen LogP) is 3.24. The van der Waals surface area contributed by atoms with Crippen molar-refractivity contribution in [1.29, 1.82) is 0 Å². The van der Waals surface area contributed by atoms with Crippen LogP contribution < -0.4 is 11.1 Å². The third-order valence-corrected chi connectivity index (χ3v) is 4.63. The van der Waals surface area contributed by atoms with E-state index in [0.717, 1.165) is 19.5 Å². The standard InChI is InChI=1S/C20H27N3/c1-15(13-23(2)14-16-8-4-3-5-9-16)22-20-12-19(21)17-10-6-7-11-18(17)20/h3-11,15,19-20,22H,12-14,21H2,1-2H3. The second kappa shape index (κ2) is 7.26. The molecule has 3 N–H and O–H groups in total. The molecule has 3 atom stereocenters. The van der Waals surface area contributed by atoms with Crippen LogP contribution in [-0.4, -0.2) is 24.5 Å². The van der Waals surface area contributed by atoms with Crippen molar-refractivity contribution in [3.63, 3.8) is 0 Å². The molecule has 0 aromatic heterocycles. The third-order valence-electron chi connectivity index (χ3n) is 4.63. The van der Waals surface area contributed by atoms with Gasteiger partial charge in [0.25, 0.3) is 0 Å². The molecule has 0 saturated carbocycles. The van der Waals surface area contributed by atoms with Crippen LogP contribution in [0, 0.1) is 0 Å². The largest absolute Gasteiger partial charge is 0.324 e. The minimum atomic E-state index is 0.165. The number of rotatable bonds is 6. The molecule has 23 heavy (non-hydrogen) atoms. The van der Waals surface area contributed by atoms with Crippen LogP contribution in [0.2, 0.25) is 0 Å². The molecule has 3 unspecified atom stereocenters. The van der Waals surface area contributed by atoms with Gasteiger partial charge in [-0.05, 0) is 37.1 Å². The zero-order valence-electron chi connectivity index (χ0n) is 14.1. The van der Waals surface area contributed by atoms with Crippen molar-refractivity contribution in [2.24, 2.45) is 5.73 Å². The first-order valence-corrected chi connectivity index (χ1v) is 8.46. The lowest BCUT2D eigenvalue weighted by Gasteiger charge is -2.25. The number of nitrogens with one attached hydrogen (secondary N) is 1. The van der Waals surface area contributed by atoms with E-state index in [4.69, 9.17) is 5.73 Å². The van der Waals surface area contributed by atoms with Gasteiger partial charge in [-0.3, -0.25) is 0 Å². The normalized spacial score (nSPS) is 21.4. The van der Waals surface area contributed by atoms with Gasteiger partial charge in [-0.2, -0.15) is 0 Å². The summed E-state index contributed by atoms with van der Waals surface area (Å²) >= 11 is 0. The van der Waals surface area contributed by atoms with Crippen molar-refractivity contribution in [2.75, 3.05) is 13.6 Å². The van der Waals surface area contributed by atoms with E-state index in [1.165, 1.54) is 16.7 Å². The highest BCUT2D eigenvalue weighted by molar-refractivity contribution is 5.37. The maximum Gasteiger partial charge on any atom is 0.0344 e. The number of likely N-dealkylation sites (N-methyl/N-ethyl adjacent to an activating group) is 1. The van der Waals surface area contributed by atoms with Gasteiger partial charge in [0.2, 0.25) is 0 Å². The van der Waals surface area contributed by atoms with Gasteiger partial charge in [0.1, 0.15) is 0 Å². The zero-order valence-corrected chi connectivity index (χ0v) is 14.1. The molecular formula is C20H27N3. The molecule has 1 aliphatic carbocycles. The maximum absolute atomic E-state index is 6.27. The number of nitrogens with two attached hydrogens (primary N) is 1. The summed E-state index contributed by atoms with van der Waals surface area (Å²) in [5, 5.41) is 3.76. The molecule has 0 aliphatic heterocycles. The molecular weight excluding hydrogens is 282 g/mol. The Hall–Kier alpha value is -1.68. The second-order valence-electron chi connectivity index (χ2n) is 6.77. The van der Waals surface area contributed by atoms with Gasteiger partial charge < -0.3 is 16.0 Å². The van der Waals surface area contributed by atoms with Gasteiger partial charge in [0.15, 0.2) is 0 Å². The first-order chi connectivity index (χ1) is 11.1. The van der Waals surface area contributed by atoms with Gasteiger partial charge >= 0.3 is 0 Å². The monoisotopic (exact) mass is 309 g/mol. The van der Waals surface area contributed by atoms with Crippen LogP contribution in [0.4, 0.5) is 0 Å². The quantitative estimate of drug-likeness (QED) is 0.861. The van der Waals surface area contributed by atoms with Gasteiger partial charge in [-0.15, -0.1) is 0 Å². The molecule has 0 spiro atoms. The van der Waals surface area contributed by atoms with Gasteiger partial charge in [-0.25, -0.2) is 0 Å². The SMILES string of the molecule is CC(CN(C)Cc1ccccc1)NC1CC(N)c2ccccc21. The van der Waals surface area contributed by atoms with E-state index < -0.39 is 0 Å². The van der Waals surface area contributed by atoms with Crippen LogP contribution >= 0.6 is 0 Å². The average Bonchev–Trinajstić information content (AvgIpc) is 2.84. The lowest BCUT2D eigenvalue weighted by molar-refractivity contribution is 0.276. The molecule has 3 nitrogen and oxygen atoms in total. The number of hydrogen-bond acceptors (Lipinski definition) is 3. The van der Waals surface area contributed by atoms with Crippen LogP contribution in [0.1, 0.15) is 42.1 Å². The Balaban J connectivity index is 1.55. The molecule has 2 aromatic carbocycles. The summed E-state index contributed by atoms with van der Waals surface area (Å²) in [7, 11) is 2.18. The van der Waals surface area contributed by atoms with Crippen molar-refractivity contribution in [3.8, 4) is 0 Å². The fourth-order valence-corrected chi connectivity index (χ4v) is 3.65. The highest BCUT2D eigenvalue weighted by atomic mass is 15.1. The minimum Gasteiger partial charge on any atom is -0.324 e. The molecule has 0 radical (unpaired) electrons. The Bertz CT molecular complexity index is 626.